The van der Waals surface area contributed by atoms with Crippen molar-refractivity contribution in [2.45, 2.75) is 32.9 Å². The van der Waals surface area contributed by atoms with Crippen LogP contribution in [0.25, 0.3) is 11.0 Å². The van der Waals surface area contributed by atoms with Gasteiger partial charge in [0.15, 0.2) is 0 Å². The van der Waals surface area contributed by atoms with Gasteiger partial charge >= 0.3 is 0 Å². The van der Waals surface area contributed by atoms with Gasteiger partial charge in [0.25, 0.3) is 0 Å². The molecular formula is C15H21BrClN3. The Kier molecular flexibility index (Phi) is 5.47. The Balaban J connectivity index is 2.31. The van der Waals surface area contributed by atoms with Crippen molar-refractivity contribution in [3.05, 3.63) is 28.5 Å². The summed E-state index contributed by atoms with van der Waals surface area (Å²) < 4.78 is 3.36. The lowest BCUT2D eigenvalue weighted by Gasteiger charge is -2.21. The number of likely N-dealkylation sites (N-methyl/N-ethyl adjacent to an activating group) is 1. The molecule has 1 aromatic carbocycles. The largest absolute Gasteiger partial charge is 0.327 e. The van der Waals surface area contributed by atoms with Gasteiger partial charge in [-0.25, -0.2) is 4.98 Å². The zero-order valence-electron chi connectivity index (χ0n) is 12.2. The van der Waals surface area contributed by atoms with Gasteiger partial charge in [-0.1, -0.05) is 15.9 Å². The molecule has 20 heavy (non-hydrogen) atoms. The van der Waals surface area contributed by atoms with Crippen LogP contribution in [-0.4, -0.2) is 40.0 Å². The van der Waals surface area contributed by atoms with Crippen LogP contribution in [0.2, 0.25) is 0 Å². The minimum Gasteiger partial charge on any atom is -0.327 e. The van der Waals surface area contributed by atoms with Crippen molar-refractivity contribution in [3.63, 3.8) is 0 Å². The highest BCUT2D eigenvalue weighted by Crippen LogP contribution is 2.21. The molecule has 2 aromatic rings. The summed E-state index contributed by atoms with van der Waals surface area (Å²) in [4.78, 5) is 7.06. The summed E-state index contributed by atoms with van der Waals surface area (Å²) in [7, 11) is 2.15. The van der Waals surface area contributed by atoms with Crippen molar-refractivity contribution in [1.29, 1.82) is 0 Å². The topological polar surface area (TPSA) is 21.1 Å². The quantitative estimate of drug-likeness (QED) is 0.730. The molecule has 3 nitrogen and oxygen atoms in total. The standard InChI is InChI=1S/C15H21BrClN3/c1-11(2)19(3)8-9-20-14-5-4-12(16)10-13(14)18-15(20)6-7-17/h4-5,10-11H,6-9H2,1-3H3. The van der Waals surface area contributed by atoms with Crippen LogP contribution < -0.4 is 0 Å². The van der Waals surface area contributed by atoms with Crippen molar-refractivity contribution < 1.29 is 0 Å². The normalized spacial score (nSPS) is 11.9. The van der Waals surface area contributed by atoms with E-state index in [1.807, 2.05) is 0 Å². The lowest BCUT2D eigenvalue weighted by Crippen LogP contribution is -2.30. The summed E-state index contributed by atoms with van der Waals surface area (Å²) in [6, 6.07) is 6.81. The lowest BCUT2D eigenvalue weighted by atomic mass is 10.3. The number of halogens is 2. The van der Waals surface area contributed by atoms with E-state index in [1.165, 1.54) is 5.52 Å². The third-order valence-electron chi connectivity index (χ3n) is 3.67. The fraction of sp³-hybridized carbons (Fsp3) is 0.533. The first-order valence-corrected chi connectivity index (χ1v) is 8.26. The number of benzene rings is 1. The van der Waals surface area contributed by atoms with E-state index in [2.05, 4.69) is 64.5 Å². The molecule has 0 atom stereocenters. The molecule has 0 aliphatic carbocycles. The molecule has 0 N–H and O–H groups in total. The lowest BCUT2D eigenvalue weighted by molar-refractivity contribution is 0.263. The molecular weight excluding hydrogens is 338 g/mol. The molecule has 1 aromatic heterocycles. The number of fused-ring (bicyclic) bond motifs is 1. The maximum Gasteiger partial charge on any atom is 0.111 e. The molecule has 0 saturated carbocycles. The Morgan fingerprint density at radius 2 is 2.15 bits per heavy atom. The Morgan fingerprint density at radius 3 is 2.80 bits per heavy atom. The highest BCUT2D eigenvalue weighted by Gasteiger charge is 2.12. The Hall–Kier alpha value is -0.580. The summed E-state index contributed by atoms with van der Waals surface area (Å²) in [5.74, 6) is 1.68. The van der Waals surface area contributed by atoms with Crippen LogP contribution in [0.1, 0.15) is 19.7 Å². The van der Waals surface area contributed by atoms with Crippen LogP contribution in [0, 0.1) is 0 Å². The molecule has 2 rings (SSSR count). The first-order chi connectivity index (χ1) is 9.52. The van der Waals surface area contributed by atoms with Crippen LogP contribution in [0.3, 0.4) is 0 Å². The summed E-state index contributed by atoms with van der Waals surface area (Å²) in [5, 5.41) is 0. The second-order valence-electron chi connectivity index (χ2n) is 5.33. The predicted molar refractivity (Wildman–Crippen MR) is 89.6 cm³/mol. The van der Waals surface area contributed by atoms with E-state index in [1.54, 1.807) is 0 Å². The van der Waals surface area contributed by atoms with Gasteiger partial charge in [0.05, 0.1) is 11.0 Å². The van der Waals surface area contributed by atoms with E-state index in [0.717, 1.165) is 35.3 Å². The second-order valence-corrected chi connectivity index (χ2v) is 6.62. The molecule has 0 spiro atoms. The predicted octanol–water partition coefficient (Wildman–Crippen LogP) is 3.92. The van der Waals surface area contributed by atoms with E-state index in [-0.39, 0.29) is 0 Å². The molecule has 0 fully saturated rings. The summed E-state index contributed by atoms with van der Waals surface area (Å²) >= 11 is 9.41. The van der Waals surface area contributed by atoms with Gasteiger partial charge in [0, 0.05) is 35.9 Å². The van der Waals surface area contributed by atoms with Crippen LogP contribution >= 0.6 is 27.5 Å². The molecule has 0 saturated heterocycles. The van der Waals surface area contributed by atoms with Gasteiger partial charge in [-0.05, 0) is 39.1 Å². The zero-order chi connectivity index (χ0) is 14.7. The molecule has 1 heterocycles. The Labute approximate surface area is 134 Å². The fourth-order valence-corrected chi connectivity index (χ4v) is 2.71. The third kappa shape index (κ3) is 3.54. The minimum atomic E-state index is 0.551. The van der Waals surface area contributed by atoms with Crippen LogP contribution in [0.5, 0.6) is 0 Å². The van der Waals surface area contributed by atoms with Crippen molar-refractivity contribution in [3.8, 4) is 0 Å². The molecule has 5 heteroatoms. The van der Waals surface area contributed by atoms with E-state index in [4.69, 9.17) is 16.6 Å². The Morgan fingerprint density at radius 1 is 1.40 bits per heavy atom. The molecule has 0 bridgehead atoms. The number of rotatable bonds is 6. The van der Waals surface area contributed by atoms with Gasteiger partial charge in [0.2, 0.25) is 0 Å². The third-order valence-corrected chi connectivity index (χ3v) is 4.35. The first kappa shape index (κ1) is 15.8. The SMILES string of the molecule is CC(C)N(C)CCn1c(CCCl)nc2cc(Br)ccc21. The van der Waals surface area contributed by atoms with Crippen molar-refractivity contribution in [1.82, 2.24) is 14.5 Å². The monoisotopic (exact) mass is 357 g/mol. The first-order valence-electron chi connectivity index (χ1n) is 6.93. The zero-order valence-corrected chi connectivity index (χ0v) is 14.6. The highest BCUT2D eigenvalue weighted by molar-refractivity contribution is 9.10. The molecule has 0 aliphatic rings. The summed E-state index contributed by atoms with van der Waals surface area (Å²) in [6.45, 7) is 6.37. The number of nitrogens with zero attached hydrogens (tertiary/aromatic N) is 3. The average Bonchev–Trinajstić information content (AvgIpc) is 2.72. The second kappa shape index (κ2) is 6.92. The van der Waals surface area contributed by atoms with E-state index in [0.29, 0.717) is 11.9 Å². The van der Waals surface area contributed by atoms with Gasteiger partial charge in [-0.2, -0.15) is 0 Å². The maximum absolute atomic E-state index is 5.91. The fourth-order valence-electron chi connectivity index (χ4n) is 2.19. The number of aromatic nitrogens is 2. The van der Waals surface area contributed by atoms with Crippen LogP contribution in [0.15, 0.2) is 22.7 Å². The van der Waals surface area contributed by atoms with Crippen molar-refractivity contribution in [2.75, 3.05) is 19.5 Å². The van der Waals surface area contributed by atoms with Gasteiger partial charge in [-0.3, -0.25) is 0 Å². The highest BCUT2D eigenvalue weighted by atomic mass is 79.9. The van der Waals surface area contributed by atoms with Gasteiger partial charge in [-0.15, -0.1) is 11.6 Å². The van der Waals surface area contributed by atoms with E-state index in [9.17, 15) is 0 Å². The van der Waals surface area contributed by atoms with Crippen molar-refractivity contribution >= 4 is 38.6 Å². The van der Waals surface area contributed by atoms with E-state index >= 15 is 0 Å². The summed E-state index contributed by atoms with van der Waals surface area (Å²) in [5.41, 5.74) is 2.22. The molecule has 0 amide bonds. The number of aryl methyl sites for hydroxylation is 1. The molecule has 110 valence electrons. The number of imidazole rings is 1. The Bertz CT molecular complexity index is 580. The van der Waals surface area contributed by atoms with E-state index < -0.39 is 0 Å². The van der Waals surface area contributed by atoms with Gasteiger partial charge < -0.3 is 9.47 Å². The molecule has 0 radical (unpaired) electrons. The minimum absolute atomic E-state index is 0.551. The maximum atomic E-state index is 5.91. The van der Waals surface area contributed by atoms with Gasteiger partial charge in [0.1, 0.15) is 5.82 Å². The van der Waals surface area contributed by atoms with Crippen LogP contribution in [0.4, 0.5) is 0 Å². The number of alkyl halides is 1. The van der Waals surface area contributed by atoms with Crippen molar-refractivity contribution in [2.24, 2.45) is 0 Å². The van der Waals surface area contributed by atoms with Crippen LogP contribution in [-0.2, 0) is 13.0 Å². The summed E-state index contributed by atoms with van der Waals surface area (Å²) in [6.07, 6.45) is 0.805. The molecule has 0 aliphatic heterocycles. The number of hydrogen-bond donors (Lipinski definition) is 0. The molecule has 0 unspecified atom stereocenters. The smallest absolute Gasteiger partial charge is 0.111 e. The number of hydrogen-bond acceptors (Lipinski definition) is 2. The average molecular weight is 359 g/mol.